The summed E-state index contributed by atoms with van der Waals surface area (Å²) in [5.41, 5.74) is 3.00. The lowest BCUT2D eigenvalue weighted by molar-refractivity contribution is 0.112. The number of ether oxygens (including phenoxy) is 1. The zero-order chi connectivity index (χ0) is 19.4. The van der Waals surface area contributed by atoms with Crippen LogP contribution >= 0.6 is 11.8 Å². The minimum Gasteiger partial charge on any atom is -0.496 e. The molecule has 27 heavy (non-hydrogen) atoms. The van der Waals surface area contributed by atoms with Gasteiger partial charge in [-0.25, -0.2) is 0 Å². The Labute approximate surface area is 166 Å². The van der Waals surface area contributed by atoms with E-state index in [1.807, 2.05) is 23.9 Å². The van der Waals surface area contributed by atoms with E-state index in [-0.39, 0.29) is 6.04 Å². The fourth-order valence-electron chi connectivity index (χ4n) is 3.84. The number of carbonyl (C=O) groups excluding carboxylic acids is 1. The minimum atomic E-state index is 0.0670. The summed E-state index contributed by atoms with van der Waals surface area (Å²) in [4.78, 5) is 12.8. The average molecular weight is 384 g/mol. The topological polar surface area (TPSA) is 38.3 Å². The maximum absolute atomic E-state index is 11.6. The molecule has 0 saturated carbocycles. The highest BCUT2D eigenvalue weighted by molar-refractivity contribution is 8.00. The lowest BCUT2D eigenvalue weighted by Gasteiger charge is -2.31. The van der Waals surface area contributed by atoms with Gasteiger partial charge in [-0.3, -0.25) is 4.79 Å². The number of hydrogen-bond acceptors (Lipinski definition) is 4. The van der Waals surface area contributed by atoms with Gasteiger partial charge in [-0.1, -0.05) is 57.5 Å². The quantitative estimate of drug-likeness (QED) is 0.670. The number of carbonyl (C=O) groups is 1. The van der Waals surface area contributed by atoms with Crippen LogP contribution in [0.5, 0.6) is 5.75 Å². The second-order valence-corrected chi connectivity index (χ2v) is 8.46. The summed E-state index contributed by atoms with van der Waals surface area (Å²) in [5.74, 6) is 1.24. The van der Waals surface area contributed by atoms with Crippen molar-refractivity contribution in [1.29, 1.82) is 0 Å². The number of aldehydes is 1. The third-order valence-electron chi connectivity index (χ3n) is 5.62. The van der Waals surface area contributed by atoms with Crippen molar-refractivity contribution < 1.29 is 9.53 Å². The smallest absolute Gasteiger partial charge is 0.153 e. The summed E-state index contributed by atoms with van der Waals surface area (Å²) in [6, 6.07) is 15.0. The van der Waals surface area contributed by atoms with E-state index in [4.69, 9.17) is 4.74 Å². The van der Waals surface area contributed by atoms with Crippen LogP contribution in [0.3, 0.4) is 0 Å². The van der Waals surface area contributed by atoms with Crippen LogP contribution in [0.15, 0.2) is 47.4 Å². The van der Waals surface area contributed by atoms with Gasteiger partial charge in [0.1, 0.15) is 5.75 Å². The molecule has 0 fully saturated rings. The average Bonchev–Trinajstić information content (AvgIpc) is 2.89. The third-order valence-corrected chi connectivity index (χ3v) is 7.29. The molecule has 1 aliphatic heterocycles. The van der Waals surface area contributed by atoms with E-state index in [0.717, 1.165) is 19.1 Å². The predicted octanol–water partition coefficient (Wildman–Crippen LogP) is 5.49. The van der Waals surface area contributed by atoms with E-state index >= 15 is 0 Å². The number of benzene rings is 2. The Morgan fingerprint density at radius 2 is 1.96 bits per heavy atom. The van der Waals surface area contributed by atoms with Gasteiger partial charge in [-0.05, 0) is 35.6 Å². The van der Waals surface area contributed by atoms with Gasteiger partial charge in [0.15, 0.2) is 6.29 Å². The van der Waals surface area contributed by atoms with Gasteiger partial charge >= 0.3 is 0 Å². The Morgan fingerprint density at radius 1 is 1.22 bits per heavy atom. The van der Waals surface area contributed by atoms with Crippen molar-refractivity contribution in [3.8, 4) is 5.75 Å². The molecular formula is C23H29NO2S. The lowest BCUT2D eigenvalue weighted by Crippen LogP contribution is -2.41. The molecule has 1 N–H and O–H groups in total. The molecule has 0 bridgehead atoms. The molecule has 2 aromatic carbocycles. The fraction of sp³-hybridized carbons (Fsp3) is 0.435. The normalized spacial score (nSPS) is 23.2. The molecule has 1 heterocycles. The number of thioether (sulfide) groups is 1. The van der Waals surface area contributed by atoms with Gasteiger partial charge < -0.3 is 10.1 Å². The van der Waals surface area contributed by atoms with Crippen LogP contribution in [0.4, 0.5) is 0 Å². The highest BCUT2D eigenvalue weighted by Gasteiger charge is 2.34. The van der Waals surface area contributed by atoms with Crippen LogP contribution in [-0.2, 0) is 0 Å². The highest BCUT2D eigenvalue weighted by Crippen LogP contribution is 2.44. The van der Waals surface area contributed by atoms with E-state index in [9.17, 15) is 4.79 Å². The Hall–Kier alpha value is -1.78. The number of methoxy groups -OCH3 is 1. The van der Waals surface area contributed by atoms with Crippen molar-refractivity contribution in [1.82, 2.24) is 5.32 Å². The van der Waals surface area contributed by atoms with Crippen molar-refractivity contribution in [2.24, 2.45) is 5.92 Å². The maximum Gasteiger partial charge on any atom is 0.153 e. The van der Waals surface area contributed by atoms with Crippen LogP contribution in [0.2, 0.25) is 0 Å². The zero-order valence-corrected chi connectivity index (χ0v) is 17.4. The molecule has 0 aliphatic carbocycles. The van der Waals surface area contributed by atoms with Crippen molar-refractivity contribution in [2.45, 2.75) is 55.8 Å². The second-order valence-electron chi connectivity index (χ2n) is 7.24. The van der Waals surface area contributed by atoms with Crippen LogP contribution in [0.25, 0.3) is 0 Å². The first-order chi connectivity index (χ1) is 13.1. The molecule has 4 atom stereocenters. The van der Waals surface area contributed by atoms with Crippen molar-refractivity contribution in [2.75, 3.05) is 7.11 Å². The first kappa shape index (κ1) is 20.0. The van der Waals surface area contributed by atoms with E-state index in [0.29, 0.717) is 28.5 Å². The van der Waals surface area contributed by atoms with E-state index in [2.05, 4.69) is 56.4 Å². The highest BCUT2D eigenvalue weighted by atomic mass is 32.2. The number of rotatable bonds is 6. The molecule has 4 heteroatoms. The Balaban J connectivity index is 2.17. The summed E-state index contributed by atoms with van der Waals surface area (Å²) in [5, 5.41) is 4.39. The van der Waals surface area contributed by atoms with Crippen LogP contribution in [-0.4, -0.2) is 24.7 Å². The molecule has 2 unspecified atom stereocenters. The number of nitrogens with one attached hydrogen (secondary N) is 1. The van der Waals surface area contributed by atoms with Gasteiger partial charge in [0.2, 0.25) is 0 Å². The Bertz CT molecular complexity index is 777. The molecule has 2 aromatic rings. The van der Waals surface area contributed by atoms with Gasteiger partial charge in [0, 0.05) is 16.2 Å². The lowest BCUT2D eigenvalue weighted by atomic mass is 9.92. The summed E-state index contributed by atoms with van der Waals surface area (Å²) in [7, 11) is 1.63. The standard InChI is InChI=1S/C23H29NO2S/c1-5-15(3)23-19(6-2)24-22(16-10-8-7-9-11-16)18-12-17(14-25)20(26-4)13-21(18)27-23/h7-15,19,22-24H,5-6H2,1-4H3/t15?,19-,22?,23-/m1/s1. The summed E-state index contributed by atoms with van der Waals surface area (Å²) >= 11 is 1.93. The Kier molecular flexibility index (Phi) is 6.61. The van der Waals surface area contributed by atoms with Crippen LogP contribution in [0.1, 0.15) is 61.1 Å². The maximum atomic E-state index is 11.6. The van der Waals surface area contributed by atoms with E-state index < -0.39 is 0 Å². The molecule has 0 aromatic heterocycles. The first-order valence-corrected chi connectivity index (χ1v) is 10.7. The van der Waals surface area contributed by atoms with E-state index in [1.54, 1.807) is 7.11 Å². The SMILES string of the molecule is CCC(C)[C@H]1Sc2cc(OC)c(C=O)cc2C(c2ccccc2)N[C@@H]1CC. The molecule has 0 amide bonds. The molecule has 3 nitrogen and oxygen atoms in total. The fourth-order valence-corrected chi connectivity index (χ4v) is 5.48. The Morgan fingerprint density at radius 3 is 2.56 bits per heavy atom. The molecule has 3 rings (SSSR count). The van der Waals surface area contributed by atoms with Gasteiger partial charge in [-0.2, -0.15) is 0 Å². The summed E-state index contributed by atoms with van der Waals surface area (Å²) in [6.45, 7) is 6.85. The largest absolute Gasteiger partial charge is 0.496 e. The van der Waals surface area contributed by atoms with Crippen LogP contribution in [0, 0.1) is 5.92 Å². The first-order valence-electron chi connectivity index (χ1n) is 9.77. The monoisotopic (exact) mass is 383 g/mol. The van der Waals surface area contributed by atoms with Gasteiger partial charge in [0.05, 0.1) is 18.7 Å². The van der Waals surface area contributed by atoms with Crippen molar-refractivity contribution in [3.05, 3.63) is 59.2 Å². The van der Waals surface area contributed by atoms with Crippen LogP contribution < -0.4 is 10.1 Å². The van der Waals surface area contributed by atoms with Gasteiger partial charge in [0.25, 0.3) is 0 Å². The predicted molar refractivity (Wildman–Crippen MR) is 113 cm³/mol. The third kappa shape index (κ3) is 4.07. The number of fused-ring (bicyclic) bond motifs is 1. The summed E-state index contributed by atoms with van der Waals surface area (Å²) in [6.07, 6.45) is 3.10. The van der Waals surface area contributed by atoms with Gasteiger partial charge in [-0.15, -0.1) is 11.8 Å². The molecule has 1 aliphatic rings. The molecule has 144 valence electrons. The molecule has 0 spiro atoms. The summed E-state index contributed by atoms with van der Waals surface area (Å²) < 4.78 is 5.49. The zero-order valence-electron chi connectivity index (χ0n) is 16.6. The minimum absolute atomic E-state index is 0.0670. The molecule has 0 saturated heterocycles. The van der Waals surface area contributed by atoms with Crippen molar-refractivity contribution in [3.63, 3.8) is 0 Å². The van der Waals surface area contributed by atoms with E-state index in [1.165, 1.54) is 16.0 Å². The molecular weight excluding hydrogens is 354 g/mol. The van der Waals surface area contributed by atoms with Crippen molar-refractivity contribution >= 4 is 18.0 Å². The number of hydrogen-bond donors (Lipinski definition) is 1. The second kappa shape index (κ2) is 8.94. The molecule has 0 radical (unpaired) electrons.